The van der Waals surface area contributed by atoms with Crippen molar-refractivity contribution in [1.82, 2.24) is 4.98 Å². The van der Waals surface area contributed by atoms with Crippen molar-refractivity contribution < 1.29 is 9.52 Å². The average molecular weight is 245 g/mol. The zero-order valence-corrected chi connectivity index (χ0v) is 11.4. The lowest BCUT2D eigenvalue weighted by atomic mass is 10.00. The van der Waals surface area contributed by atoms with Crippen LogP contribution in [-0.4, -0.2) is 16.7 Å². The molecule has 0 amide bonds. The Hall–Kier alpha value is -1.61. The minimum absolute atomic E-state index is 0.0959. The fraction of sp³-hybridized carbons (Fsp3) is 0.400. The van der Waals surface area contributed by atoms with E-state index in [-0.39, 0.29) is 6.61 Å². The molecule has 3 heteroatoms. The Morgan fingerprint density at radius 1 is 1.11 bits per heavy atom. The number of benzene rings is 1. The molecule has 0 spiro atoms. The van der Waals surface area contributed by atoms with E-state index in [0.29, 0.717) is 12.3 Å². The van der Waals surface area contributed by atoms with Gasteiger partial charge in [0, 0.05) is 18.6 Å². The number of aromatic nitrogens is 1. The highest BCUT2D eigenvalue weighted by molar-refractivity contribution is 5.64. The second kappa shape index (κ2) is 4.94. The maximum absolute atomic E-state index is 8.99. The van der Waals surface area contributed by atoms with Crippen LogP contribution in [0.25, 0.3) is 11.5 Å². The van der Waals surface area contributed by atoms with Gasteiger partial charge in [-0.3, -0.25) is 0 Å². The zero-order chi connectivity index (χ0) is 13.3. The number of aliphatic hydroxyl groups is 1. The van der Waals surface area contributed by atoms with Crippen molar-refractivity contribution in [3.8, 4) is 11.5 Å². The normalized spacial score (nSPS) is 10.9. The van der Waals surface area contributed by atoms with Gasteiger partial charge in [-0.05, 0) is 38.8 Å². The van der Waals surface area contributed by atoms with Gasteiger partial charge in [-0.2, -0.15) is 0 Å². The van der Waals surface area contributed by atoms with Gasteiger partial charge in [0.15, 0.2) is 0 Å². The predicted molar refractivity (Wildman–Crippen MR) is 71.7 cm³/mol. The highest BCUT2D eigenvalue weighted by Gasteiger charge is 2.15. The Morgan fingerprint density at radius 3 is 2.28 bits per heavy atom. The third kappa shape index (κ3) is 2.31. The summed E-state index contributed by atoms with van der Waals surface area (Å²) in [6.07, 6.45) is 0.541. The van der Waals surface area contributed by atoms with Crippen LogP contribution in [0.5, 0.6) is 0 Å². The summed E-state index contributed by atoms with van der Waals surface area (Å²) in [5, 5.41) is 8.99. The molecule has 2 aromatic rings. The van der Waals surface area contributed by atoms with Crippen LogP contribution in [0.2, 0.25) is 0 Å². The van der Waals surface area contributed by atoms with Crippen LogP contribution >= 0.6 is 0 Å². The summed E-state index contributed by atoms with van der Waals surface area (Å²) < 4.78 is 5.73. The van der Waals surface area contributed by atoms with Crippen molar-refractivity contribution in [3.05, 3.63) is 40.3 Å². The summed E-state index contributed by atoms with van der Waals surface area (Å²) in [5.41, 5.74) is 5.49. The Morgan fingerprint density at radius 2 is 1.72 bits per heavy atom. The summed E-state index contributed by atoms with van der Waals surface area (Å²) in [6.45, 7) is 8.21. The molecular weight excluding hydrogens is 226 g/mol. The Kier molecular flexibility index (Phi) is 3.53. The van der Waals surface area contributed by atoms with Crippen molar-refractivity contribution in [2.24, 2.45) is 0 Å². The van der Waals surface area contributed by atoms with Crippen LogP contribution in [0, 0.1) is 27.7 Å². The van der Waals surface area contributed by atoms with Crippen molar-refractivity contribution in [2.75, 3.05) is 6.61 Å². The average Bonchev–Trinajstić information content (AvgIpc) is 2.59. The van der Waals surface area contributed by atoms with Gasteiger partial charge < -0.3 is 9.52 Å². The lowest BCUT2D eigenvalue weighted by Crippen LogP contribution is -1.94. The minimum Gasteiger partial charge on any atom is -0.441 e. The summed E-state index contributed by atoms with van der Waals surface area (Å²) in [6, 6.07) is 4.27. The molecule has 1 aromatic carbocycles. The van der Waals surface area contributed by atoms with E-state index in [9.17, 15) is 0 Å². The van der Waals surface area contributed by atoms with Gasteiger partial charge in [0.05, 0.1) is 5.69 Å². The summed E-state index contributed by atoms with van der Waals surface area (Å²) in [7, 11) is 0. The molecule has 0 radical (unpaired) electrons. The smallest absolute Gasteiger partial charge is 0.227 e. The van der Waals surface area contributed by atoms with E-state index in [1.54, 1.807) is 0 Å². The number of aliphatic hydroxyl groups excluding tert-OH is 1. The summed E-state index contributed by atoms with van der Waals surface area (Å²) in [4.78, 5) is 4.49. The Balaban J connectivity index is 2.52. The minimum atomic E-state index is 0.0959. The molecule has 0 fully saturated rings. The lowest BCUT2D eigenvalue weighted by molar-refractivity contribution is 0.297. The summed E-state index contributed by atoms with van der Waals surface area (Å²) >= 11 is 0. The van der Waals surface area contributed by atoms with Crippen molar-refractivity contribution >= 4 is 0 Å². The van der Waals surface area contributed by atoms with Gasteiger partial charge in [0.1, 0.15) is 5.76 Å². The molecule has 0 aliphatic carbocycles. The number of rotatable bonds is 3. The standard InChI is InChI=1S/C15H19NO2/c1-9-7-10(2)14(11(3)8-9)15-16-13(5-6-17)12(4)18-15/h7-8,17H,5-6H2,1-4H3. The van der Waals surface area contributed by atoms with Crippen LogP contribution < -0.4 is 0 Å². The molecule has 3 nitrogen and oxygen atoms in total. The van der Waals surface area contributed by atoms with Gasteiger partial charge in [-0.15, -0.1) is 0 Å². The van der Waals surface area contributed by atoms with Crippen molar-refractivity contribution in [1.29, 1.82) is 0 Å². The molecule has 0 aliphatic rings. The van der Waals surface area contributed by atoms with Gasteiger partial charge in [-0.25, -0.2) is 4.98 Å². The van der Waals surface area contributed by atoms with Crippen LogP contribution in [0.3, 0.4) is 0 Å². The SMILES string of the molecule is Cc1cc(C)c(-c2nc(CCO)c(C)o2)c(C)c1. The lowest BCUT2D eigenvalue weighted by Gasteiger charge is -2.07. The van der Waals surface area contributed by atoms with E-state index in [4.69, 9.17) is 9.52 Å². The Bertz CT molecular complexity index is 547. The van der Waals surface area contributed by atoms with E-state index < -0.39 is 0 Å². The first-order valence-electron chi connectivity index (χ1n) is 6.18. The van der Waals surface area contributed by atoms with E-state index >= 15 is 0 Å². The molecule has 0 saturated carbocycles. The number of hydrogen-bond donors (Lipinski definition) is 1. The third-order valence-corrected chi connectivity index (χ3v) is 3.13. The highest BCUT2D eigenvalue weighted by Crippen LogP contribution is 2.29. The van der Waals surface area contributed by atoms with E-state index in [1.165, 1.54) is 16.7 Å². The van der Waals surface area contributed by atoms with Crippen LogP contribution in [0.4, 0.5) is 0 Å². The van der Waals surface area contributed by atoms with Crippen LogP contribution in [0.1, 0.15) is 28.1 Å². The second-order valence-electron chi connectivity index (χ2n) is 4.77. The van der Waals surface area contributed by atoms with E-state index in [2.05, 4.69) is 37.9 Å². The molecule has 0 bridgehead atoms. The fourth-order valence-electron chi connectivity index (χ4n) is 2.39. The molecule has 0 atom stereocenters. The first kappa shape index (κ1) is 12.8. The third-order valence-electron chi connectivity index (χ3n) is 3.13. The quantitative estimate of drug-likeness (QED) is 0.903. The van der Waals surface area contributed by atoms with Gasteiger partial charge in [0.25, 0.3) is 0 Å². The molecule has 0 unspecified atom stereocenters. The highest BCUT2D eigenvalue weighted by atomic mass is 16.4. The molecule has 0 aliphatic heterocycles. The summed E-state index contributed by atoms with van der Waals surface area (Å²) in [5.74, 6) is 1.45. The largest absolute Gasteiger partial charge is 0.441 e. The van der Waals surface area contributed by atoms with Crippen molar-refractivity contribution in [3.63, 3.8) is 0 Å². The van der Waals surface area contributed by atoms with E-state index in [0.717, 1.165) is 17.0 Å². The molecule has 18 heavy (non-hydrogen) atoms. The molecule has 96 valence electrons. The maximum Gasteiger partial charge on any atom is 0.227 e. The van der Waals surface area contributed by atoms with Crippen molar-refractivity contribution in [2.45, 2.75) is 34.1 Å². The second-order valence-corrected chi connectivity index (χ2v) is 4.77. The molecular formula is C15H19NO2. The van der Waals surface area contributed by atoms with Gasteiger partial charge in [-0.1, -0.05) is 17.7 Å². The number of aryl methyl sites for hydroxylation is 4. The molecule has 2 rings (SSSR count). The molecule has 1 heterocycles. The number of hydrogen-bond acceptors (Lipinski definition) is 3. The van der Waals surface area contributed by atoms with Gasteiger partial charge in [0.2, 0.25) is 5.89 Å². The first-order valence-corrected chi connectivity index (χ1v) is 6.18. The topological polar surface area (TPSA) is 46.3 Å². The zero-order valence-electron chi connectivity index (χ0n) is 11.4. The van der Waals surface area contributed by atoms with Crippen LogP contribution in [-0.2, 0) is 6.42 Å². The van der Waals surface area contributed by atoms with Crippen LogP contribution in [0.15, 0.2) is 16.5 Å². The van der Waals surface area contributed by atoms with E-state index in [1.807, 2.05) is 6.92 Å². The van der Waals surface area contributed by atoms with Gasteiger partial charge >= 0.3 is 0 Å². The molecule has 0 saturated heterocycles. The predicted octanol–water partition coefficient (Wildman–Crippen LogP) is 3.11. The molecule has 1 N–H and O–H groups in total. The monoisotopic (exact) mass is 245 g/mol. The maximum atomic E-state index is 8.99. The fourth-order valence-corrected chi connectivity index (χ4v) is 2.39. The Labute approximate surface area is 107 Å². The number of nitrogens with zero attached hydrogens (tertiary/aromatic N) is 1. The number of oxazole rings is 1. The first-order chi connectivity index (χ1) is 8.52. The molecule has 1 aromatic heterocycles.